The molecule has 0 amide bonds. The third-order valence-corrected chi connectivity index (χ3v) is 8.69. The van der Waals surface area contributed by atoms with E-state index in [1.807, 2.05) is 0 Å². The average Bonchev–Trinajstić information content (AvgIpc) is 2.91. The average molecular weight is 375 g/mol. The van der Waals surface area contributed by atoms with Crippen molar-refractivity contribution in [3.05, 3.63) is 12.2 Å². The molecule has 4 rings (SSSR count). The van der Waals surface area contributed by atoms with Crippen molar-refractivity contribution in [3.8, 4) is 0 Å². The Morgan fingerprint density at radius 3 is 2.37 bits per heavy atom. The fourth-order valence-electron chi connectivity index (χ4n) is 7.42. The second-order valence-electron chi connectivity index (χ2n) is 9.98. The summed E-state index contributed by atoms with van der Waals surface area (Å²) in [5, 5.41) is 0. The predicted octanol–water partition coefficient (Wildman–Crippen LogP) is 4.67. The number of esters is 2. The van der Waals surface area contributed by atoms with Gasteiger partial charge in [0, 0.05) is 19.3 Å². The molecule has 27 heavy (non-hydrogen) atoms. The zero-order valence-electron chi connectivity index (χ0n) is 17.2. The standard InChI is InChI=1S/C23H34O4/c1-14(24)26-17-9-11-22(3)16(13-17)5-6-18-19-7-8-21(27-15(2)25)23(19,4)12-10-20(18)22/h9,11,16-21H,5-8,10,12-13H2,1-4H3/t16-,17-,18-,19-,20-,21-,22-,23-/m0/s1. The Labute approximate surface area is 163 Å². The summed E-state index contributed by atoms with van der Waals surface area (Å²) in [5.41, 5.74) is 0.356. The van der Waals surface area contributed by atoms with E-state index >= 15 is 0 Å². The molecule has 0 aromatic carbocycles. The van der Waals surface area contributed by atoms with Gasteiger partial charge < -0.3 is 9.47 Å². The zero-order valence-corrected chi connectivity index (χ0v) is 17.2. The molecule has 4 aliphatic carbocycles. The molecule has 0 bridgehead atoms. The highest BCUT2D eigenvalue weighted by molar-refractivity contribution is 5.66. The van der Waals surface area contributed by atoms with Gasteiger partial charge in [-0.15, -0.1) is 0 Å². The van der Waals surface area contributed by atoms with Crippen LogP contribution in [0, 0.1) is 34.5 Å². The van der Waals surface area contributed by atoms with Crippen molar-refractivity contribution in [1.29, 1.82) is 0 Å². The molecule has 0 radical (unpaired) electrons. The van der Waals surface area contributed by atoms with Crippen LogP contribution in [0.25, 0.3) is 0 Å². The lowest BCUT2D eigenvalue weighted by Gasteiger charge is -2.59. The minimum atomic E-state index is -0.183. The van der Waals surface area contributed by atoms with E-state index < -0.39 is 0 Å². The lowest BCUT2D eigenvalue weighted by atomic mass is 9.46. The summed E-state index contributed by atoms with van der Waals surface area (Å²) in [6.45, 7) is 7.85. The van der Waals surface area contributed by atoms with Gasteiger partial charge in [0.05, 0.1) is 0 Å². The van der Waals surface area contributed by atoms with Crippen LogP contribution >= 0.6 is 0 Å². The van der Waals surface area contributed by atoms with E-state index in [2.05, 4.69) is 26.0 Å². The first-order valence-corrected chi connectivity index (χ1v) is 10.8. The van der Waals surface area contributed by atoms with E-state index in [4.69, 9.17) is 9.47 Å². The second-order valence-corrected chi connectivity index (χ2v) is 9.98. The molecule has 4 nitrogen and oxygen atoms in total. The SMILES string of the molecule is CC(=O)O[C@H]1CC[C@H]2[C@@H]3CC[C@H]4C[C@@H](OC(C)=O)C=C[C@]4(C)[C@H]3CC[C@]12C. The molecule has 0 unspecified atom stereocenters. The highest BCUT2D eigenvalue weighted by Crippen LogP contribution is 2.65. The highest BCUT2D eigenvalue weighted by Gasteiger charge is 2.60. The Morgan fingerprint density at radius 1 is 0.926 bits per heavy atom. The topological polar surface area (TPSA) is 52.6 Å². The maximum Gasteiger partial charge on any atom is 0.303 e. The van der Waals surface area contributed by atoms with Crippen LogP contribution in [0.1, 0.15) is 72.6 Å². The van der Waals surface area contributed by atoms with Gasteiger partial charge >= 0.3 is 11.9 Å². The van der Waals surface area contributed by atoms with Gasteiger partial charge in [-0.2, -0.15) is 0 Å². The molecular formula is C23H34O4. The van der Waals surface area contributed by atoms with E-state index in [9.17, 15) is 9.59 Å². The lowest BCUT2D eigenvalue weighted by Crippen LogP contribution is -2.53. The molecule has 0 saturated heterocycles. The monoisotopic (exact) mass is 374 g/mol. The number of carbonyl (C=O) groups is 2. The maximum absolute atomic E-state index is 11.6. The van der Waals surface area contributed by atoms with Gasteiger partial charge in [-0.05, 0) is 80.1 Å². The number of ether oxygens (including phenoxy) is 2. The lowest BCUT2D eigenvalue weighted by molar-refractivity contribution is -0.159. The second kappa shape index (κ2) is 6.63. The van der Waals surface area contributed by atoms with Gasteiger partial charge in [0.1, 0.15) is 12.2 Å². The van der Waals surface area contributed by atoms with Crippen LogP contribution in [0.2, 0.25) is 0 Å². The number of hydrogen-bond acceptors (Lipinski definition) is 4. The van der Waals surface area contributed by atoms with Crippen LogP contribution in [0.4, 0.5) is 0 Å². The molecule has 3 fully saturated rings. The van der Waals surface area contributed by atoms with Crippen molar-refractivity contribution in [1.82, 2.24) is 0 Å². The summed E-state index contributed by atoms with van der Waals surface area (Å²) in [7, 11) is 0. The zero-order chi connectivity index (χ0) is 19.4. The fraction of sp³-hybridized carbons (Fsp3) is 0.826. The Kier molecular flexibility index (Phi) is 4.67. The van der Waals surface area contributed by atoms with Crippen LogP contribution in [0.3, 0.4) is 0 Å². The molecule has 0 aromatic rings. The molecule has 150 valence electrons. The molecule has 0 spiro atoms. The van der Waals surface area contributed by atoms with E-state index in [1.54, 1.807) is 6.92 Å². The Morgan fingerprint density at radius 2 is 1.67 bits per heavy atom. The third-order valence-electron chi connectivity index (χ3n) is 8.69. The van der Waals surface area contributed by atoms with Crippen molar-refractivity contribution in [2.24, 2.45) is 34.5 Å². The summed E-state index contributed by atoms with van der Waals surface area (Å²) in [6.07, 6.45) is 12.6. The van der Waals surface area contributed by atoms with Gasteiger partial charge in [-0.3, -0.25) is 9.59 Å². The first-order chi connectivity index (χ1) is 12.7. The first-order valence-electron chi connectivity index (χ1n) is 10.8. The quantitative estimate of drug-likeness (QED) is 0.521. The number of hydrogen-bond donors (Lipinski definition) is 0. The van der Waals surface area contributed by atoms with Crippen molar-refractivity contribution in [2.45, 2.75) is 84.8 Å². The molecule has 0 heterocycles. The van der Waals surface area contributed by atoms with E-state index in [0.29, 0.717) is 17.8 Å². The molecule has 4 heteroatoms. The maximum atomic E-state index is 11.6. The summed E-state index contributed by atoms with van der Waals surface area (Å²) < 4.78 is 11.2. The molecule has 3 saturated carbocycles. The largest absolute Gasteiger partial charge is 0.462 e. The van der Waals surface area contributed by atoms with Crippen LogP contribution in [0.15, 0.2) is 12.2 Å². The minimum absolute atomic E-state index is 0.0502. The van der Waals surface area contributed by atoms with Gasteiger partial charge in [-0.1, -0.05) is 19.9 Å². The molecule has 8 atom stereocenters. The number of allylic oxidation sites excluding steroid dienone is 1. The molecular weight excluding hydrogens is 340 g/mol. The van der Waals surface area contributed by atoms with Crippen LogP contribution in [0.5, 0.6) is 0 Å². The molecule has 0 N–H and O–H groups in total. The molecule has 0 aliphatic heterocycles. The fourth-order valence-corrected chi connectivity index (χ4v) is 7.42. The summed E-state index contributed by atoms with van der Waals surface area (Å²) in [4.78, 5) is 22.9. The normalized spacial score (nSPS) is 48.1. The first kappa shape index (κ1) is 19.0. The van der Waals surface area contributed by atoms with Crippen LogP contribution < -0.4 is 0 Å². The predicted molar refractivity (Wildman–Crippen MR) is 103 cm³/mol. The number of rotatable bonds is 2. The summed E-state index contributed by atoms with van der Waals surface area (Å²) in [6, 6.07) is 0. The number of carbonyl (C=O) groups excluding carboxylic acids is 2. The summed E-state index contributed by atoms with van der Waals surface area (Å²) in [5.74, 6) is 2.37. The summed E-state index contributed by atoms with van der Waals surface area (Å²) >= 11 is 0. The Hall–Kier alpha value is -1.32. The van der Waals surface area contributed by atoms with Gasteiger partial charge in [0.15, 0.2) is 0 Å². The minimum Gasteiger partial charge on any atom is -0.462 e. The van der Waals surface area contributed by atoms with E-state index in [0.717, 1.165) is 25.2 Å². The van der Waals surface area contributed by atoms with Gasteiger partial charge in [-0.25, -0.2) is 0 Å². The van der Waals surface area contributed by atoms with E-state index in [1.165, 1.54) is 32.6 Å². The number of fused-ring (bicyclic) bond motifs is 5. The van der Waals surface area contributed by atoms with Crippen molar-refractivity contribution in [3.63, 3.8) is 0 Å². The van der Waals surface area contributed by atoms with Gasteiger partial charge in [0.25, 0.3) is 0 Å². The van der Waals surface area contributed by atoms with Gasteiger partial charge in [0.2, 0.25) is 0 Å². The Balaban J connectivity index is 1.55. The van der Waals surface area contributed by atoms with E-state index in [-0.39, 0.29) is 35.0 Å². The highest BCUT2D eigenvalue weighted by atomic mass is 16.5. The van der Waals surface area contributed by atoms with Crippen LogP contribution in [-0.2, 0) is 19.1 Å². The van der Waals surface area contributed by atoms with Crippen LogP contribution in [-0.4, -0.2) is 24.1 Å². The third kappa shape index (κ3) is 3.03. The molecule has 4 aliphatic rings. The molecule has 0 aromatic heterocycles. The van der Waals surface area contributed by atoms with Crippen molar-refractivity contribution >= 4 is 11.9 Å². The Bertz CT molecular complexity index is 655. The van der Waals surface area contributed by atoms with Crippen molar-refractivity contribution in [2.75, 3.05) is 0 Å². The van der Waals surface area contributed by atoms with Crippen molar-refractivity contribution < 1.29 is 19.1 Å². The smallest absolute Gasteiger partial charge is 0.303 e.